The quantitative estimate of drug-likeness (QED) is 0.234. The van der Waals surface area contributed by atoms with Gasteiger partial charge in [-0.25, -0.2) is 4.79 Å². The van der Waals surface area contributed by atoms with Crippen LogP contribution in [0.3, 0.4) is 0 Å². The predicted molar refractivity (Wildman–Crippen MR) is 91.8 cm³/mol. The minimum Gasteiger partial charge on any atom is -0.422 e. The Morgan fingerprint density at radius 2 is 1.13 bits per heavy atom. The minimum atomic E-state index is -0.221. The second kappa shape index (κ2) is 3.09. The average molecular weight is 294 g/mol. The molecule has 4 aromatic carbocycles. The summed E-state index contributed by atoms with van der Waals surface area (Å²) in [6.07, 6.45) is 1.96. The molecular weight excluding hydrogens is 284 g/mol. The fourth-order valence-corrected chi connectivity index (χ4v) is 5.02. The van der Waals surface area contributed by atoms with E-state index in [0.717, 1.165) is 34.6 Å². The first kappa shape index (κ1) is 10.8. The zero-order chi connectivity index (χ0) is 14.9. The van der Waals surface area contributed by atoms with Crippen LogP contribution >= 0.6 is 0 Å². The maximum absolute atomic E-state index is 12.5. The van der Waals surface area contributed by atoms with Crippen LogP contribution in [-0.4, -0.2) is 0 Å². The van der Waals surface area contributed by atoms with Crippen molar-refractivity contribution in [3.63, 3.8) is 0 Å². The van der Waals surface area contributed by atoms with Gasteiger partial charge in [-0.05, 0) is 68.8 Å². The molecule has 7 rings (SSSR count). The molecule has 106 valence electrons. The summed E-state index contributed by atoms with van der Waals surface area (Å²) < 4.78 is 5.64. The van der Waals surface area contributed by atoms with E-state index in [-0.39, 0.29) is 5.63 Å². The monoisotopic (exact) mass is 294 g/mol. The molecule has 2 nitrogen and oxygen atoms in total. The van der Waals surface area contributed by atoms with Crippen molar-refractivity contribution in [2.75, 3.05) is 0 Å². The third-order valence-electron chi connectivity index (χ3n) is 5.86. The van der Waals surface area contributed by atoms with Crippen molar-refractivity contribution in [3.05, 3.63) is 69.1 Å². The van der Waals surface area contributed by atoms with E-state index in [2.05, 4.69) is 24.3 Å². The average Bonchev–Trinajstić information content (AvgIpc) is 3.11. The van der Waals surface area contributed by atoms with Gasteiger partial charge in [-0.3, -0.25) is 0 Å². The molecule has 0 spiro atoms. The highest BCUT2D eigenvalue weighted by Crippen LogP contribution is 2.50. The lowest BCUT2D eigenvalue weighted by atomic mass is 9.92. The Labute approximate surface area is 130 Å². The topological polar surface area (TPSA) is 30.2 Å². The fraction of sp³-hybridized carbons (Fsp3) is 0.0952. The summed E-state index contributed by atoms with van der Waals surface area (Å²) in [5.41, 5.74) is 6.02. The third-order valence-corrected chi connectivity index (χ3v) is 5.86. The SMILES string of the molecule is O=c1oc2ccc3c4c5c(ccc6c5c5c(ccc1c5c24)C6)C3. The van der Waals surface area contributed by atoms with Crippen LogP contribution in [0.2, 0.25) is 0 Å². The summed E-state index contributed by atoms with van der Waals surface area (Å²) in [5, 5.41) is 8.38. The van der Waals surface area contributed by atoms with Gasteiger partial charge in [-0.2, -0.15) is 0 Å². The molecule has 0 fully saturated rings. The molecule has 0 unspecified atom stereocenters. The van der Waals surface area contributed by atoms with Gasteiger partial charge in [0, 0.05) is 10.8 Å². The summed E-state index contributed by atoms with van der Waals surface area (Å²) in [7, 11) is 0. The molecule has 1 heterocycles. The van der Waals surface area contributed by atoms with E-state index in [0.29, 0.717) is 0 Å². The number of benzene rings is 4. The predicted octanol–water partition coefficient (Wildman–Crippen LogP) is 4.50. The number of rotatable bonds is 0. The summed E-state index contributed by atoms with van der Waals surface area (Å²) >= 11 is 0. The molecular formula is C21H10O2. The molecule has 0 aliphatic heterocycles. The number of hydrogen-bond donors (Lipinski definition) is 0. The lowest BCUT2D eigenvalue weighted by molar-refractivity contribution is 0.570. The zero-order valence-corrected chi connectivity index (χ0v) is 12.2. The maximum Gasteiger partial charge on any atom is 0.344 e. The Morgan fingerprint density at radius 1 is 0.609 bits per heavy atom. The maximum atomic E-state index is 12.5. The largest absolute Gasteiger partial charge is 0.422 e. The van der Waals surface area contributed by atoms with Gasteiger partial charge in [-0.15, -0.1) is 0 Å². The van der Waals surface area contributed by atoms with Crippen molar-refractivity contribution in [3.8, 4) is 0 Å². The fourth-order valence-electron chi connectivity index (χ4n) is 5.02. The molecule has 2 aliphatic rings. The molecule has 0 atom stereocenters. The van der Waals surface area contributed by atoms with Gasteiger partial charge in [0.2, 0.25) is 0 Å². The van der Waals surface area contributed by atoms with Gasteiger partial charge < -0.3 is 4.42 Å². The molecule has 2 heteroatoms. The Morgan fingerprint density at radius 3 is 1.83 bits per heavy atom. The molecule has 5 aromatic rings. The molecule has 0 saturated heterocycles. The van der Waals surface area contributed by atoms with E-state index >= 15 is 0 Å². The molecule has 0 radical (unpaired) electrons. The Bertz CT molecular complexity index is 1420. The first-order chi connectivity index (χ1) is 11.3. The van der Waals surface area contributed by atoms with Crippen molar-refractivity contribution in [2.45, 2.75) is 12.8 Å². The van der Waals surface area contributed by atoms with Crippen molar-refractivity contribution >= 4 is 43.3 Å². The van der Waals surface area contributed by atoms with Gasteiger partial charge >= 0.3 is 5.63 Å². The van der Waals surface area contributed by atoms with E-state index in [9.17, 15) is 4.79 Å². The van der Waals surface area contributed by atoms with Crippen LogP contribution in [0.25, 0.3) is 43.3 Å². The van der Waals surface area contributed by atoms with Crippen LogP contribution in [0.15, 0.2) is 45.6 Å². The van der Waals surface area contributed by atoms with Gasteiger partial charge in [0.05, 0.1) is 5.39 Å². The smallest absolute Gasteiger partial charge is 0.344 e. The highest BCUT2D eigenvalue weighted by molar-refractivity contribution is 6.36. The van der Waals surface area contributed by atoms with E-state index in [4.69, 9.17) is 4.42 Å². The summed E-state index contributed by atoms with van der Waals surface area (Å²) in [4.78, 5) is 12.5. The highest BCUT2D eigenvalue weighted by Gasteiger charge is 2.29. The van der Waals surface area contributed by atoms with E-state index in [1.807, 2.05) is 12.1 Å². The Hall–Kier alpha value is -2.87. The normalized spacial score (nSPS) is 14.8. The number of hydrogen-bond acceptors (Lipinski definition) is 2. The lowest BCUT2D eigenvalue weighted by Gasteiger charge is -2.12. The van der Waals surface area contributed by atoms with Crippen LogP contribution in [0.5, 0.6) is 0 Å². The minimum absolute atomic E-state index is 0.221. The van der Waals surface area contributed by atoms with E-state index in [1.54, 1.807) is 0 Å². The first-order valence-electron chi connectivity index (χ1n) is 8.01. The van der Waals surface area contributed by atoms with Gasteiger partial charge in [0.25, 0.3) is 0 Å². The highest BCUT2D eigenvalue weighted by atomic mass is 16.4. The van der Waals surface area contributed by atoms with Crippen molar-refractivity contribution in [1.82, 2.24) is 0 Å². The van der Waals surface area contributed by atoms with Gasteiger partial charge in [-0.1, -0.05) is 24.3 Å². The molecule has 0 amide bonds. The summed E-state index contributed by atoms with van der Waals surface area (Å²) in [6, 6.07) is 12.7. The second-order valence-corrected chi connectivity index (χ2v) is 6.87. The summed E-state index contributed by atoms with van der Waals surface area (Å²) in [5.74, 6) is 0. The molecule has 0 bridgehead atoms. The van der Waals surface area contributed by atoms with Crippen LogP contribution < -0.4 is 5.63 Å². The first-order valence-corrected chi connectivity index (χ1v) is 8.01. The van der Waals surface area contributed by atoms with E-state index in [1.165, 1.54) is 43.8 Å². The van der Waals surface area contributed by atoms with Crippen molar-refractivity contribution < 1.29 is 4.42 Å². The second-order valence-electron chi connectivity index (χ2n) is 6.87. The Kier molecular flexibility index (Phi) is 1.45. The molecule has 23 heavy (non-hydrogen) atoms. The van der Waals surface area contributed by atoms with Crippen LogP contribution in [0.1, 0.15) is 22.3 Å². The summed E-state index contributed by atoms with van der Waals surface area (Å²) in [6.45, 7) is 0. The third kappa shape index (κ3) is 0.969. The zero-order valence-electron chi connectivity index (χ0n) is 12.2. The molecule has 2 aliphatic carbocycles. The standard InChI is InChI=1S/C21H10O2/c22-21-13-5-3-11-7-9-1-2-10-8-12-4-6-14(23-21)20-18(12)16(10)15(9)17(11)19(13)20/h1-6H,7-8H2. The van der Waals surface area contributed by atoms with Crippen molar-refractivity contribution in [2.24, 2.45) is 0 Å². The van der Waals surface area contributed by atoms with E-state index < -0.39 is 0 Å². The van der Waals surface area contributed by atoms with Crippen LogP contribution in [-0.2, 0) is 12.8 Å². The molecule has 0 N–H and O–H groups in total. The molecule has 1 aromatic heterocycles. The van der Waals surface area contributed by atoms with Gasteiger partial charge in [0.1, 0.15) is 5.58 Å². The molecule has 0 saturated carbocycles. The van der Waals surface area contributed by atoms with Gasteiger partial charge in [0.15, 0.2) is 0 Å². The van der Waals surface area contributed by atoms with Crippen LogP contribution in [0, 0.1) is 0 Å². The van der Waals surface area contributed by atoms with Crippen molar-refractivity contribution in [1.29, 1.82) is 0 Å². The Balaban J connectivity index is 2.07. The lowest BCUT2D eigenvalue weighted by Crippen LogP contribution is -2.01. The van der Waals surface area contributed by atoms with Crippen LogP contribution in [0.4, 0.5) is 0 Å².